The molecule has 0 aliphatic rings. The monoisotopic (exact) mass is 401 g/mol. The minimum Gasteiger partial charge on any atom is -0.454 e. The van der Waals surface area contributed by atoms with E-state index in [0.717, 1.165) is 15.6 Å². The summed E-state index contributed by atoms with van der Waals surface area (Å²) < 4.78 is 19.7. The van der Waals surface area contributed by atoms with E-state index in [1.165, 1.54) is 30.0 Å². The molecule has 0 atom stereocenters. The van der Waals surface area contributed by atoms with Crippen LogP contribution in [-0.2, 0) is 10.5 Å². The predicted octanol–water partition coefficient (Wildman–Crippen LogP) is 4.92. The molecule has 0 bridgehead atoms. The van der Waals surface area contributed by atoms with Gasteiger partial charge in [-0.3, -0.25) is 4.79 Å². The fourth-order valence-corrected chi connectivity index (χ4v) is 4.21. The largest absolute Gasteiger partial charge is 0.454 e. The van der Waals surface area contributed by atoms with Gasteiger partial charge in [-0.05, 0) is 30.7 Å². The number of rotatable bonds is 7. The molecule has 0 N–H and O–H groups in total. The maximum absolute atomic E-state index is 13.6. The summed E-state index contributed by atoms with van der Waals surface area (Å²) in [5.74, 6) is -1.26. The first-order valence-corrected chi connectivity index (χ1v) is 9.99. The van der Waals surface area contributed by atoms with Gasteiger partial charge in [0.15, 0.2) is 6.61 Å². The van der Waals surface area contributed by atoms with E-state index in [2.05, 4.69) is 4.98 Å². The molecule has 2 aromatic carbocycles. The average Bonchev–Trinajstić information content (AvgIpc) is 3.10. The molecule has 0 saturated heterocycles. The number of carbonyl (C=O) groups excluding carboxylic acids is 2. The molecule has 0 amide bonds. The molecular weight excluding hydrogens is 385 g/mol. The van der Waals surface area contributed by atoms with Gasteiger partial charge in [-0.25, -0.2) is 14.2 Å². The number of ketones is 1. The number of Topliss-reactive ketones (excluding diaryl/α,β-unsaturated/α-hetero) is 1. The molecule has 3 rings (SSSR count). The topological polar surface area (TPSA) is 56.3 Å². The number of aryl methyl sites for hydroxylation is 1. The third-order valence-corrected chi connectivity index (χ3v) is 5.88. The molecular formula is C20H16FNO3S2. The molecule has 138 valence electrons. The van der Waals surface area contributed by atoms with Gasteiger partial charge >= 0.3 is 5.97 Å². The van der Waals surface area contributed by atoms with Crippen LogP contribution in [0.4, 0.5) is 4.39 Å². The number of benzene rings is 2. The Bertz CT molecular complexity index is 971. The first kappa shape index (κ1) is 19.3. The maximum Gasteiger partial charge on any atom is 0.338 e. The first-order chi connectivity index (χ1) is 13.0. The third-order valence-electron chi connectivity index (χ3n) is 3.69. The minimum absolute atomic E-state index is 0.0896. The van der Waals surface area contributed by atoms with Crippen LogP contribution in [0.25, 0.3) is 0 Å². The van der Waals surface area contributed by atoms with Gasteiger partial charge in [0.1, 0.15) is 10.2 Å². The molecule has 1 heterocycles. The molecule has 0 aliphatic carbocycles. The Morgan fingerprint density at radius 2 is 1.81 bits per heavy atom. The Morgan fingerprint density at radius 1 is 1.11 bits per heavy atom. The van der Waals surface area contributed by atoms with E-state index in [4.69, 9.17) is 4.74 Å². The zero-order valence-electron chi connectivity index (χ0n) is 14.5. The summed E-state index contributed by atoms with van der Waals surface area (Å²) in [6, 6.07) is 12.7. The van der Waals surface area contributed by atoms with Crippen LogP contribution in [0.3, 0.4) is 0 Å². The van der Waals surface area contributed by atoms with Crippen molar-refractivity contribution in [1.29, 1.82) is 0 Å². The van der Waals surface area contributed by atoms with Crippen molar-refractivity contribution >= 4 is 34.9 Å². The van der Waals surface area contributed by atoms with E-state index in [0.29, 0.717) is 11.3 Å². The molecule has 3 aromatic rings. The fraction of sp³-hybridized carbons (Fsp3) is 0.150. The van der Waals surface area contributed by atoms with Gasteiger partial charge in [0.2, 0.25) is 5.78 Å². The molecule has 0 saturated carbocycles. The molecule has 0 aliphatic heterocycles. The summed E-state index contributed by atoms with van der Waals surface area (Å²) in [6.07, 6.45) is 0. The standard InChI is InChI=1S/C20H16FNO3S2/c1-13-11-26-20(22-13)27-12-14-6-2-3-7-15(14)19(24)25-10-18(23)16-8-4-5-9-17(16)21/h2-9,11H,10,12H2,1H3. The highest BCUT2D eigenvalue weighted by Gasteiger charge is 2.17. The molecule has 7 heteroatoms. The molecule has 27 heavy (non-hydrogen) atoms. The number of esters is 1. The number of thioether (sulfide) groups is 1. The lowest BCUT2D eigenvalue weighted by Gasteiger charge is -2.09. The Hall–Kier alpha value is -2.51. The van der Waals surface area contributed by atoms with Crippen molar-refractivity contribution in [3.8, 4) is 0 Å². The Labute approximate surface area is 164 Å². The van der Waals surface area contributed by atoms with Crippen LogP contribution in [0.5, 0.6) is 0 Å². The Balaban J connectivity index is 1.64. The summed E-state index contributed by atoms with van der Waals surface area (Å²) in [4.78, 5) is 28.9. The van der Waals surface area contributed by atoms with Crippen LogP contribution in [0.2, 0.25) is 0 Å². The van der Waals surface area contributed by atoms with Crippen LogP contribution in [0.15, 0.2) is 58.3 Å². The maximum atomic E-state index is 13.6. The quantitative estimate of drug-likeness (QED) is 0.319. The molecule has 4 nitrogen and oxygen atoms in total. The molecule has 0 spiro atoms. The van der Waals surface area contributed by atoms with Crippen LogP contribution in [0.1, 0.15) is 32.0 Å². The van der Waals surface area contributed by atoms with Crippen molar-refractivity contribution in [2.75, 3.05) is 6.61 Å². The highest BCUT2D eigenvalue weighted by molar-refractivity contribution is 8.00. The number of ether oxygens (including phenoxy) is 1. The van der Waals surface area contributed by atoms with Crippen molar-refractivity contribution in [1.82, 2.24) is 4.98 Å². The Morgan fingerprint density at radius 3 is 2.52 bits per heavy atom. The SMILES string of the molecule is Cc1csc(SCc2ccccc2C(=O)OCC(=O)c2ccccc2F)n1. The van der Waals surface area contributed by atoms with Crippen LogP contribution < -0.4 is 0 Å². The van der Waals surface area contributed by atoms with Gasteiger partial charge in [0, 0.05) is 16.8 Å². The lowest BCUT2D eigenvalue weighted by Crippen LogP contribution is -2.16. The molecule has 0 radical (unpaired) electrons. The second kappa shape index (κ2) is 8.92. The lowest BCUT2D eigenvalue weighted by atomic mass is 10.1. The number of hydrogen-bond acceptors (Lipinski definition) is 6. The number of thiazole rings is 1. The summed E-state index contributed by atoms with van der Waals surface area (Å²) in [6.45, 7) is 1.42. The van der Waals surface area contributed by atoms with Crippen molar-refractivity contribution in [2.24, 2.45) is 0 Å². The summed E-state index contributed by atoms with van der Waals surface area (Å²) in [5.41, 5.74) is 2.05. The number of carbonyl (C=O) groups is 2. The number of aromatic nitrogens is 1. The minimum atomic E-state index is -0.630. The van der Waals surface area contributed by atoms with Gasteiger partial charge in [0.05, 0.1) is 11.1 Å². The second-order valence-corrected chi connectivity index (χ2v) is 7.76. The second-order valence-electron chi connectivity index (χ2n) is 5.68. The zero-order chi connectivity index (χ0) is 19.2. The fourth-order valence-electron chi connectivity index (χ4n) is 2.36. The van der Waals surface area contributed by atoms with Crippen LogP contribution in [-0.4, -0.2) is 23.3 Å². The number of nitrogens with zero attached hydrogens (tertiary/aromatic N) is 1. The highest BCUT2D eigenvalue weighted by atomic mass is 32.2. The average molecular weight is 401 g/mol. The van der Waals surface area contributed by atoms with Crippen molar-refractivity contribution < 1.29 is 18.7 Å². The van der Waals surface area contributed by atoms with E-state index in [-0.39, 0.29) is 5.56 Å². The van der Waals surface area contributed by atoms with Gasteiger partial charge in [-0.15, -0.1) is 11.3 Å². The Kier molecular flexibility index (Phi) is 6.36. The van der Waals surface area contributed by atoms with Gasteiger partial charge in [-0.2, -0.15) is 0 Å². The number of halogens is 1. The van der Waals surface area contributed by atoms with Gasteiger partial charge in [0.25, 0.3) is 0 Å². The van der Waals surface area contributed by atoms with E-state index >= 15 is 0 Å². The molecule has 1 aromatic heterocycles. The lowest BCUT2D eigenvalue weighted by molar-refractivity contribution is 0.0472. The normalized spacial score (nSPS) is 10.6. The van der Waals surface area contributed by atoms with Gasteiger partial charge < -0.3 is 4.74 Å². The van der Waals surface area contributed by atoms with E-state index < -0.39 is 24.2 Å². The summed E-state index contributed by atoms with van der Waals surface area (Å²) in [5, 5.41) is 1.97. The number of hydrogen-bond donors (Lipinski definition) is 0. The summed E-state index contributed by atoms with van der Waals surface area (Å²) in [7, 11) is 0. The van der Waals surface area contributed by atoms with Crippen LogP contribution in [0, 0.1) is 12.7 Å². The van der Waals surface area contributed by atoms with E-state index in [1.54, 1.807) is 29.5 Å². The van der Waals surface area contributed by atoms with Crippen molar-refractivity contribution in [3.63, 3.8) is 0 Å². The highest BCUT2D eigenvalue weighted by Crippen LogP contribution is 2.27. The first-order valence-electron chi connectivity index (χ1n) is 8.12. The molecule has 0 fully saturated rings. The van der Waals surface area contributed by atoms with Crippen LogP contribution >= 0.6 is 23.1 Å². The van der Waals surface area contributed by atoms with Crippen molar-refractivity contribution in [3.05, 3.63) is 82.1 Å². The third kappa shape index (κ3) is 5.02. The van der Waals surface area contributed by atoms with Crippen molar-refractivity contribution in [2.45, 2.75) is 17.0 Å². The smallest absolute Gasteiger partial charge is 0.338 e. The zero-order valence-corrected chi connectivity index (χ0v) is 16.1. The molecule has 0 unspecified atom stereocenters. The predicted molar refractivity (Wildman–Crippen MR) is 104 cm³/mol. The van der Waals surface area contributed by atoms with Gasteiger partial charge in [-0.1, -0.05) is 42.1 Å². The summed E-state index contributed by atoms with van der Waals surface area (Å²) >= 11 is 3.08. The van der Waals surface area contributed by atoms with E-state index in [1.807, 2.05) is 24.4 Å². The van der Waals surface area contributed by atoms with E-state index in [9.17, 15) is 14.0 Å².